The fourth-order valence-corrected chi connectivity index (χ4v) is 3.00. The van der Waals surface area contributed by atoms with Crippen molar-refractivity contribution in [3.05, 3.63) is 34.1 Å². The Balaban J connectivity index is 1.97. The molecular weight excluding hydrogens is 340 g/mol. The van der Waals surface area contributed by atoms with Crippen LogP contribution in [0.4, 0.5) is 11.4 Å². The first-order valence-corrected chi connectivity index (χ1v) is 7.74. The Morgan fingerprint density at radius 2 is 2.25 bits per heavy atom. The number of halogens is 1. The minimum absolute atomic E-state index is 0.0815. The Hall–Kier alpha value is -1.47. The van der Waals surface area contributed by atoms with Crippen LogP contribution in [-0.2, 0) is 4.79 Å². The van der Waals surface area contributed by atoms with E-state index >= 15 is 0 Å². The predicted molar refractivity (Wildman–Crippen MR) is 86.0 cm³/mol. The quantitative estimate of drug-likeness (QED) is 0.581. The third-order valence-electron chi connectivity index (χ3n) is 2.73. The van der Waals surface area contributed by atoms with Crippen molar-refractivity contribution in [3.63, 3.8) is 0 Å². The minimum atomic E-state index is -0.0815. The smallest absolute Gasteiger partial charge is 0.234 e. The van der Waals surface area contributed by atoms with Gasteiger partial charge in [0, 0.05) is 15.1 Å². The average molecular weight is 355 g/mol. The van der Waals surface area contributed by atoms with Crippen LogP contribution in [0, 0.1) is 13.8 Å². The fourth-order valence-electron chi connectivity index (χ4n) is 1.69. The van der Waals surface area contributed by atoms with Gasteiger partial charge in [0.05, 0.1) is 22.8 Å². The number of hydrogen-bond acceptors (Lipinski definition) is 4. The van der Waals surface area contributed by atoms with E-state index < -0.39 is 0 Å². The number of benzene rings is 1. The van der Waals surface area contributed by atoms with Crippen LogP contribution in [0.5, 0.6) is 0 Å². The summed E-state index contributed by atoms with van der Waals surface area (Å²) in [6, 6.07) is 5.59. The molecule has 0 fully saturated rings. The number of nitrogens with zero attached hydrogens (tertiary/aromatic N) is 1. The van der Waals surface area contributed by atoms with Gasteiger partial charge >= 0.3 is 0 Å². The topological polar surface area (TPSA) is 83.8 Å². The van der Waals surface area contributed by atoms with Crippen molar-refractivity contribution in [2.75, 3.05) is 16.8 Å². The zero-order valence-electron chi connectivity index (χ0n) is 11.2. The average Bonchev–Trinajstić information content (AvgIpc) is 2.71. The van der Waals surface area contributed by atoms with E-state index in [9.17, 15) is 4.79 Å². The molecule has 1 amide bonds. The van der Waals surface area contributed by atoms with Gasteiger partial charge in [-0.05, 0) is 32.0 Å². The maximum absolute atomic E-state index is 12.0. The standard InChI is InChI=1S/C13H15BrN4OS/c1-7-13(8(2)18-17-7)16-12(19)6-20-11-5-9(14)3-4-10(11)15/h3-5H,6,15H2,1-2H3,(H,16,19)(H,17,18). The van der Waals surface area contributed by atoms with Crippen LogP contribution in [0.3, 0.4) is 0 Å². The molecule has 0 atom stereocenters. The number of rotatable bonds is 4. The lowest BCUT2D eigenvalue weighted by atomic mass is 10.3. The van der Waals surface area contributed by atoms with Gasteiger partial charge in [-0.1, -0.05) is 15.9 Å². The number of carbonyl (C=O) groups excluding carboxylic acids is 1. The van der Waals surface area contributed by atoms with E-state index in [0.717, 1.165) is 26.4 Å². The molecule has 2 rings (SSSR count). The molecule has 0 unspecified atom stereocenters. The number of hydrogen-bond donors (Lipinski definition) is 3. The summed E-state index contributed by atoms with van der Waals surface area (Å²) in [4.78, 5) is 12.8. The van der Waals surface area contributed by atoms with Crippen molar-refractivity contribution >= 4 is 45.0 Å². The van der Waals surface area contributed by atoms with Gasteiger partial charge < -0.3 is 11.1 Å². The molecule has 0 bridgehead atoms. The maximum atomic E-state index is 12.0. The molecule has 1 aromatic heterocycles. The summed E-state index contributed by atoms with van der Waals surface area (Å²) in [5.74, 6) is 0.215. The third kappa shape index (κ3) is 3.55. The summed E-state index contributed by atoms with van der Waals surface area (Å²) < 4.78 is 0.941. The molecule has 4 N–H and O–H groups in total. The fraction of sp³-hybridized carbons (Fsp3) is 0.231. The molecule has 1 aromatic carbocycles. The van der Waals surface area contributed by atoms with E-state index in [1.54, 1.807) is 0 Å². The Labute approximate surface area is 129 Å². The molecule has 0 saturated carbocycles. The molecule has 2 aromatic rings. The number of aryl methyl sites for hydroxylation is 2. The van der Waals surface area contributed by atoms with Crippen LogP contribution in [0.15, 0.2) is 27.6 Å². The highest BCUT2D eigenvalue weighted by atomic mass is 79.9. The van der Waals surface area contributed by atoms with Crippen LogP contribution in [0.2, 0.25) is 0 Å². The number of nitrogen functional groups attached to an aromatic ring is 1. The number of thioether (sulfide) groups is 1. The van der Waals surface area contributed by atoms with E-state index in [1.807, 2.05) is 32.0 Å². The molecule has 0 radical (unpaired) electrons. The summed E-state index contributed by atoms with van der Waals surface area (Å²) >= 11 is 4.79. The van der Waals surface area contributed by atoms with E-state index in [0.29, 0.717) is 11.4 Å². The van der Waals surface area contributed by atoms with E-state index in [4.69, 9.17) is 5.73 Å². The zero-order valence-corrected chi connectivity index (χ0v) is 13.6. The van der Waals surface area contributed by atoms with Gasteiger partial charge in [0.25, 0.3) is 0 Å². The maximum Gasteiger partial charge on any atom is 0.234 e. The molecule has 5 nitrogen and oxygen atoms in total. The zero-order chi connectivity index (χ0) is 14.7. The number of amides is 1. The van der Waals surface area contributed by atoms with Crippen molar-refractivity contribution in [3.8, 4) is 0 Å². The Morgan fingerprint density at radius 3 is 2.90 bits per heavy atom. The number of carbonyl (C=O) groups is 1. The van der Waals surface area contributed by atoms with E-state index in [-0.39, 0.29) is 5.91 Å². The summed E-state index contributed by atoms with van der Waals surface area (Å²) in [5, 5.41) is 9.73. The molecule has 0 aliphatic carbocycles. The Kier molecular flexibility index (Phi) is 4.72. The number of aromatic amines is 1. The molecular formula is C13H15BrN4OS. The van der Waals surface area contributed by atoms with Gasteiger partial charge in [-0.3, -0.25) is 9.89 Å². The normalized spacial score (nSPS) is 10.6. The lowest BCUT2D eigenvalue weighted by molar-refractivity contribution is -0.113. The third-order valence-corrected chi connectivity index (χ3v) is 4.29. The first kappa shape index (κ1) is 14.9. The van der Waals surface area contributed by atoms with Crippen LogP contribution in [0.25, 0.3) is 0 Å². The van der Waals surface area contributed by atoms with Crippen molar-refractivity contribution in [2.45, 2.75) is 18.7 Å². The molecule has 7 heteroatoms. The SMILES string of the molecule is Cc1n[nH]c(C)c1NC(=O)CSc1cc(Br)ccc1N. The number of nitrogens with one attached hydrogen (secondary N) is 2. The molecule has 0 aliphatic heterocycles. The van der Waals surface area contributed by atoms with Gasteiger partial charge in [-0.25, -0.2) is 0 Å². The first-order chi connectivity index (χ1) is 9.47. The monoisotopic (exact) mass is 354 g/mol. The Bertz CT molecular complexity index is 622. The second-order valence-electron chi connectivity index (χ2n) is 4.33. The summed E-state index contributed by atoms with van der Waals surface area (Å²) in [5.41, 5.74) is 8.92. The highest BCUT2D eigenvalue weighted by Gasteiger charge is 2.11. The molecule has 1 heterocycles. The largest absolute Gasteiger partial charge is 0.398 e. The van der Waals surface area contributed by atoms with Crippen LogP contribution in [0.1, 0.15) is 11.4 Å². The van der Waals surface area contributed by atoms with Crippen molar-refractivity contribution < 1.29 is 4.79 Å². The Morgan fingerprint density at radius 1 is 1.50 bits per heavy atom. The van der Waals surface area contributed by atoms with Crippen molar-refractivity contribution in [1.29, 1.82) is 0 Å². The van der Waals surface area contributed by atoms with Gasteiger partial charge in [0.2, 0.25) is 5.91 Å². The highest BCUT2D eigenvalue weighted by Crippen LogP contribution is 2.28. The van der Waals surface area contributed by atoms with Gasteiger partial charge in [-0.15, -0.1) is 11.8 Å². The molecule has 0 saturated heterocycles. The first-order valence-electron chi connectivity index (χ1n) is 5.96. The molecule has 20 heavy (non-hydrogen) atoms. The lowest BCUT2D eigenvalue weighted by Crippen LogP contribution is -2.15. The summed E-state index contributed by atoms with van der Waals surface area (Å²) in [6.07, 6.45) is 0. The second-order valence-corrected chi connectivity index (χ2v) is 6.26. The summed E-state index contributed by atoms with van der Waals surface area (Å²) in [7, 11) is 0. The number of H-pyrrole nitrogens is 1. The summed E-state index contributed by atoms with van der Waals surface area (Å²) in [6.45, 7) is 3.72. The number of aromatic nitrogens is 2. The van der Waals surface area contributed by atoms with Crippen molar-refractivity contribution in [1.82, 2.24) is 10.2 Å². The van der Waals surface area contributed by atoms with Crippen molar-refractivity contribution in [2.24, 2.45) is 0 Å². The van der Waals surface area contributed by atoms with Gasteiger partial charge in [0.1, 0.15) is 0 Å². The predicted octanol–water partition coefficient (Wildman–Crippen LogP) is 3.10. The van der Waals surface area contributed by atoms with Crippen LogP contribution < -0.4 is 11.1 Å². The highest BCUT2D eigenvalue weighted by molar-refractivity contribution is 9.10. The number of nitrogens with two attached hydrogens (primary N) is 1. The lowest BCUT2D eigenvalue weighted by Gasteiger charge is -2.07. The van der Waals surface area contributed by atoms with Gasteiger partial charge in [0.15, 0.2) is 0 Å². The minimum Gasteiger partial charge on any atom is -0.398 e. The van der Waals surface area contributed by atoms with Crippen LogP contribution >= 0.6 is 27.7 Å². The molecule has 106 valence electrons. The number of anilines is 2. The van der Waals surface area contributed by atoms with E-state index in [2.05, 4.69) is 31.4 Å². The van der Waals surface area contributed by atoms with Gasteiger partial charge in [-0.2, -0.15) is 5.10 Å². The second kappa shape index (κ2) is 6.32. The molecule has 0 spiro atoms. The molecule has 0 aliphatic rings. The van der Waals surface area contributed by atoms with Crippen LogP contribution in [-0.4, -0.2) is 21.9 Å². The van der Waals surface area contributed by atoms with E-state index in [1.165, 1.54) is 11.8 Å².